The van der Waals surface area contributed by atoms with Crippen molar-refractivity contribution in [3.8, 4) is 0 Å². The van der Waals surface area contributed by atoms with Crippen molar-refractivity contribution < 1.29 is 4.79 Å². The maximum absolute atomic E-state index is 11.2. The Balaban J connectivity index is 1.98. The fraction of sp³-hybridized carbons (Fsp3) is 0.800. The van der Waals surface area contributed by atoms with E-state index in [4.69, 9.17) is 0 Å². The van der Waals surface area contributed by atoms with Gasteiger partial charge in [0, 0.05) is 7.05 Å². The van der Waals surface area contributed by atoms with E-state index in [1.807, 2.05) is 4.68 Å². The first kappa shape index (κ1) is 12.3. The van der Waals surface area contributed by atoms with Crippen LogP contribution in [0, 0.1) is 0 Å². The number of carbonyl (C=O) groups is 1. The Morgan fingerprint density at radius 2 is 2.24 bits per heavy atom. The third-order valence-corrected chi connectivity index (χ3v) is 3.93. The number of carbonyl (C=O) groups excluding carboxylic acids is 1. The number of tetrazole rings is 1. The standard InChI is InChI=1S/C10H17N5OS/c1-11-9(16)7-17-10-12-13-14-15(10)8-5-3-2-4-6-8/h8H,2-7H2,1H3,(H,11,16). The van der Waals surface area contributed by atoms with Crippen molar-refractivity contribution in [2.24, 2.45) is 0 Å². The number of hydrogen-bond acceptors (Lipinski definition) is 5. The van der Waals surface area contributed by atoms with Crippen molar-refractivity contribution in [2.75, 3.05) is 12.8 Å². The quantitative estimate of drug-likeness (QED) is 0.813. The molecule has 1 aromatic heterocycles. The summed E-state index contributed by atoms with van der Waals surface area (Å²) in [4.78, 5) is 11.2. The van der Waals surface area contributed by atoms with Crippen molar-refractivity contribution in [3.63, 3.8) is 0 Å². The number of hydrogen-bond donors (Lipinski definition) is 1. The van der Waals surface area contributed by atoms with Crippen molar-refractivity contribution in [1.82, 2.24) is 25.5 Å². The molecule has 0 saturated heterocycles. The zero-order chi connectivity index (χ0) is 12.1. The fourth-order valence-corrected chi connectivity index (χ4v) is 2.85. The minimum atomic E-state index is -0.00630. The molecule has 1 saturated carbocycles. The summed E-state index contributed by atoms with van der Waals surface area (Å²) in [7, 11) is 1.63. The highest BCUT2D eigenvalue weighted by atomic mass is 32.2. The summed E-state index contributed by atoms with van der Waals surface area (Å²) in [5.41, 5.74) is 0. The molecular formula is C10H17N5OS. The van der Waals surface area contributed by atoms with Crippen LogP contribution in [-0.2, 0) is 4.79 Å². The maximum atomic E-state index is 11.2. The van der Waals surface area contributed by atoms with E-state index in [2.05, 4.69) is 20.8 Å². The maximum Gasteiger partial charge on any atom is 0.230 e. The van der Waals surface area contributed by atoms with Crippen LogP contribution >= 0.6 is 11.8 Å². The van der Waals surface area contributed by atoms with E-state index in [-0.39, 0.29) is 5.91 Å². The predicted molar refractivity (Wildman–Crippen MR) is 64.7 cm³/mol. The zero-order valence-corrected chi connectivity index (χ0v) is 10.7. The lowest BCUT2D eigenvalue weighted by molar-refractivity contribution is -0.118. The predicted octanol–water partition coefficient (Wildman–Crippen LogP) is 1.02. The van der Waals surface area contributed by atoms with Gasteiger partial charge >= 0.3 is 0 Å². The molecule has 1 amide bonds. The molecule has 1 aliphatic rings. The molecule has 7 heteroatoms. The minimum absolute atomic E-state index is 0.00630. The van der Waals surface area contributed by atoms with Crippen LogP contribution < -0.4 is 5.32 Å². The molecule has 0 aliphatic heterocycles. The van der Waals surface area contributed by atoms with E-state index >= 15 is 0 Å². The highest BCUT2D eigenvalue weighted by Gasteiger charge is 2.20. The summed E-state index contributed by atoms with van der Waals surface area (Å²) in [6, 6.07) is 0.408. The first-order chi connectivity index (χ1) is 8.31. The highest BCUT2D eigenvalue weighted by molar-refractivity contribution is 7.99. The van der Waals surface area contributed by atoms with Crippen LogP contribution in [0.15, 0.2) is 5.16 Å². The summed E-state index contributed by atoms with van der Waals surface area (Å²) < 4.78 is 1.88. The third-order valence-electron chi connectivity index (χ3n) is 2.99. The van der Waals surface area contributed by atoms with Crippen molar-refractivity contribution in [2.45, 2.75) is 43.3 Å². The van der Waals surface area contributed by atoms with Crippen LogP contribution in [0.4, 0.5) is 0 Å². The Morgan fingerprint density at radius 3 is 2.94 bits per heavy atom. The summed E-state index contributed by atoms with van der Waals surface area (Å²) in [5.74, 6) is 0.358. The summed E-state index contributed by atoms with van der Waals surface area (Å²) in [5, 5.41) is 15.1. The van der Waals surface area contributed by atoms with Gasteiger partial charge in [0.15, 0.2) is 0 Å². The molecule has 6 nitrogen and oxygen atoms in total. The molecule has 0 bridgehead atoms. The Morgan fingerprint density at radius 1 is 1.47 bits per heavy atom. The molecule has 1 N–H and O–H groups in total. The Labute approximate surface area is 105 Å². The second-order valence-corrected chi connectivity index (χ2v) is 5.10. The number of amides is 1. The zero-order valence-electron chi connectivity index (χ0n) is 9.93. The molecule has 2 rings (SSSR count). The molecule has 0 unspecified atom stereocenters. The number of nitrogens with zero attached hydrogens (tertiary/aromatic N) is 4. The number of rotatable bonds is 4. The summed E-state index contributed by atoms with van der Waals surface area (Å²) in [6.07, 6.45) is 6.06. The monoisotopic (exact) mass is 255 g/mol. The van der Waals surface area contributed by atoms with Gasteiger partial charge in [0.25, 0.3) is 0 Å². The molecule has 1 heterocycles. The number of nitrogens with one attached hydrogen (secondary N) is 1. The topological polar surface area (TPSA) is 72.7 Å². The van der Waals surface area contributed by atoms with Crippen LogP contribution in [0.5, 0.6) is 0 Å². The first-order valence-corrected chi connectivity index (χ1v) is 6.91. The van der Waals surface area contributed by atoms with Gasteiger partial charge in [0.05, 0.1) is 11.8 Å². The smallest absolute Gasteiger partial charge is 0.230 e. The second-order valence-electron chi connectivity index (χ2n) is 4.16. The molecule has 1 aliphatic carbocycles. The largest absolute Gasteiger partial charge is 0.358 e. The molecule has 94 valence electrons. The van der Waals surface area contributed by atoms with E-state index < -0.39 is 0 Å². The van der Waals surface area contributed by atoms with E-state index in [9.17, 15) is 4.79 Å². The first-order valence-electron chi connectivity index (χ1n) is 5.92. The average molecular weight is 255 g/mol. The van der Waals surface area contributed by atoms with E-state index in [0.29, 0.717) is 11.8 Å². The summed E-state index contributed by atoms with van der Waals surface area (Å²) >= 11 is 1.39. The van der Waals surface area contributed by atoms with Gasteiger partial charge in [-0.05, 0) is 23.3 Å². The molecule has 0 atom stereocenters. The Hall–Kier alpha value is -1.11. The van der Waals surface area contributed by atoms with E-state index in [0.717, 1.165) is 18.0 Å². The molecule has 1 aromatic rings. The van der Waals surface area contributed by atoms with Gasteiger partial charge in [-0.15, -0.1) is 5.10 Å². The second kappa shape index (κ2) is 6.00. The molecule has 0 spiro atoms. The SMILES string of the molecule is CNC(=O)CSc1nnnn1C1CCCCC1. The van der Waals surface area contributed by atoms with Crippen LogP contribution in [0.3, 0.4) is 0 Å². The summed E-state index contributed by atoms with van der Waals surface area (Å²) in [6.45, 7) is 0. The third kappa shape index (κ3) is 3.18. The van der Waals surface area contributed by atoms with E-state index in [1.165, 1.54) is 31.0 Å². The molecule has 0 radical (unpaired) electrons. The van der Waals surface area contributed by atoms with Gasteiger partial charge in [-0.3, -0.25) is 4.79 Å². The van der Waals surface area contributed by atoms with Crippen LogP contribution in [0.25, 0.3) is 0 Å². The highest BCUT2D eigenvalue weighted by Crippen LogP contribution is 2.29. The van der Waals surface area contributed by atoms with Crippen molar-refractivity contribution in [3.05, 3.63) is 0 Å². The average Bonchev–Trinajstić information content (AvgIpc) is 2.85. The molecule has 1 fully saturated rings. The van der Waals surface area contributed by atoms with Crippen LogP contribution in [-0.4, -0.2) is 38.9 Å². The van der Waals surface area contributed by atoms with Crippen LogP contribution in [0.2, 0.25) is 0 Å². The Kier molecular flexibility index (Phi) is 4.36. The number of aromatic nitrogens is 4. The lowest BCUT2D eigenvalue weighted by Crippen LogP contribution is -2.21. The van der Waals surface area contributed by atoms with Crippen LogP contribution in [0.1, 0.15) is 38.1 Å². The Bertz CT molecular complexity index is 375. The normalized spacial score (nSPS) is 17.0. The minimum Gasteiger partial charge on any atom is -0.358 e. The van der Waals surface area contributed by atoms with Gasteiger partial charge in [-0.1, -0.05) is 31.0 Å². The van der Waals surface area contributed by atoms with Crippen molar-refractivity contribution in [1.29, 1.82) is 0 Å². The van der Waals surface area contributed by atoms with E-state index in [1.54, 1.807) is 7.05 Å². The molecular weight excluding hydrogens is 238 g/mol. The molecule has 17 heavy (non-hydrogen) atoms. The number of thioether (sulfide) groups is 1. The lowest BCUT2D eigenvalue weighted by atomic mass is 9.96. The van der Waals surface area contributed by atoms with Gasteiger partial charge in [0.1, 0.15) is 0 Å². The van der Waals surface area contributed by atoms with Gasteiger partial charge < -0.3 is 5.32 Å². The lowest BCUT2D eigenvalue weighted by Gasteiger charge is -2.21. The van der Waals surface area contributed by atoms with Crippen molar-refractivity contribution >= 4 is 17.7 Å². The molecule has 0 aromatic carbocycles. The van der Waals surface area contributed by atoms with Gasteiger partial charge in [0.2, 0.25) is 11.1 Å². The van der Waals surface area contributed by atoms with Gasteiger partial charge in [-0.2, -0.15) is 0 Å². The van der Waals surface area contributed by atoms with Gasteiger partial charge in [-0.25, -0.2) is 4.68 Å². The fourth-order valence-electron chi connectivity index (χ4n) is 2.04.